The number of hydrogen-bond acceptors (Lipinski definition) is 4. The van der Waals surface area contributed by atoms with Crippen molar-refractivity contribution in [2.24, 2.45) is 10.8 Å². The first-order chi connectivity index (χ1) is 15.1. The van der Waals surface area contributed by atoms with Gasteiger partial charge in [-0.1, -0.05) is 63.6 Å². The Bertz CT molecular complexity index is 1110. The van der Waals surface area contributed by atoms with Crippen molar-refractivity contribution in [1.82, 2.24) is 9.78 Å². The predicted molar refractivity (Wildman–Crippen MR) is 127 cm³/mol. The smallest absolute Gasteiger partial charge is 0.234 e. The molecule has 0 spiro atoms. The van der Waals surface area contributed by atoms with E-state index in [1.165, 1.54) is 0 Å². The van der Waals surface area contributed by atoms with Gasteiger partial charge in [0.1, 0.15) is 23.3 Å². The number of halogens is 1. The number of carbonyl (C=O) groups excluding carboxylic acids is 1. The van der Waals surface area contributed by atoms with E-state index in [2.05, 4.69) is 0 Å². The largest absolute Gasteiger partial charge is 0.494 e. The van der Waals surface area contributed by atoms with E-state index >= 15 is 0 Å². The molecule has 0 bridgehead atoms. The molecular formula is C26H29ClN2O3. The fourth-order valence-electron chi connectivity index (χ4n) is 4.80. The van der Waals surface area contributed by atoms with Gasteiger partial charge in [0.15, 0.2) is 0 Å². The molecule has 6 heteroatoms. The molecule has 0 amide bonds. The highest BCUT2D eigenvalue weighted by molar-refractivity contribution is 6.30. The summed E-state index contributed by atoms with van der Waals surface area (Å²) in [6.07, 6.45) is 1.22. The summed E-state index contributed by atoms with van der Waals surface area (Å²) < 4.78 is 13.8. The molecule has 0 aliphatic heterocycles. The van der Waals surface area contributed by atoms with Crippen LogP contribution in [0.25, 0.3) is 16.9 Å². The molecule has 0 unspecified atom stereocenters. The summed E-state index contributed by atoms with van der Waals surface area (Å²) in [4.78, 5) is 12.8. The van der Waals surface area contributed by atoms with Crippen LogP contribution in [0.1, 0.15) is 40.5 Å². The van der Waals surface area contributed by atoms with Gasteiger partial charge in [-0.15, -0.1) is 5.10 Å². The maximum atomic E-state index is 12.8. The fraction of sp³-hybridized carbons (Fsp3) is 0.385. The molecule has 0 saturated heterocycles. The van der Waals surface area contributed by atoms with Gasteiger partial charge in [0, 0.05) is 27.5 Å². The first kappa shape index (κ1) is 22.4. The molecule has 5 nitrogen and oxygen atoms in total. The van der Waals surface area contributed by atoms with Gasteiger partial charge in [0.25, 0.3) is 0 Å². The number of methoxy groups -OCH3 is 1. The Hall–Kier alpha value is -2.79. The lowest BCUT2D eigenvalue weighted by Gasteiger charge is -2.42. The number of aromatic nitrogens is 2. The van der Waals surface area contributed by atoms with Crippen molar-refractivity contribution in [3.63, 3.8) is 0 Å². The number of ether oxygens (including phenoxy) is 2. The monoisotopic (exact) mass is 452 g/mol. The zero-order chi connectivity index (χ0) is 23.1. The highest BCUT2D eigenvalue weighted by Gasteiger charge is 2.47. The summed E-state index contributed by atoms with van der Waals surface area (Å²) in [7, 11) is 1.64. The molecule has 3 aromatic rings. The zero-order valence-corrected chi connectivity index (χ0v) is 19.9. The van der Waals surface area contributed by atoms with Gasteiger partial charge in [-0.2, -0.15) is 0 Å². The molecule has 0 radical (unpaired) electrons. The summed E-state index contributed by atoms with van der Waals surface area (Å²) in [6.45, 7) is 8.00. The Balaban J connectivity index is 1.74. The third-order valence-electron chi connectivity index (χ3n) is 6.13. The molecule has 1 heterocycles. The van der Waals surface area contributed by atoms with Crippen LogP contribution >= 0.6 is 11.6 Å². The van der Waals surface area contributed by atoms with E-state index < -0.39 is 10.8 Å². The van der Waals surface area contributed by atoms with Gasteiger partial charge in [-0.3, -0.25) is 4.79 Å². The number of nitrogens with zero attached hydrogens (tertiary/aromatic N) is 2. The van der Waals surface area contributed by atoms with E-state index in [4.69, 9.17) is 26.2 Å². The summed E-state index contributed by atoms with van der Waals surface area (Å²) in [5, 5.41) is 5.46. The van der Waals surface area contributed by atoms with Gasteiger partial charge in [-0.05, 0) is 37.1 Å². The summed E-state index contributed by atoms with van der Waals surface area (Å²) in [5.41, 5.74) is 1.77. The van der Waals surface area contributed by atoms with Crippen molar-refractivity contribution in [3.8, 4) is 28.6 Å². The van der Waals surface area contributed by atoms with Crippen LogP contribution in [0.2, 0.25) is 5.02 Å². The van der Waals surface area contributed by atoms with Crippen LogP contribution in [0.5, 0.6) is 11.6 Å². The number of para-hydroxylation sites is 2. The van der Waals surface area contributed by atoms with Crippen LogP contribution < -0.4 is 9.47 Å². The summed E-state index contributed by atoms with van der Waals surface area (Å²) in [6, 6.07) is 17.3. The van der Waals surface area contributed by atoms with Crippen molar-refractivity contribution in [1.29, 1.82) is 0 Å². The van der Waals surface area contributed by atoms with E-state index in [-0.39, 0.29) is 11.9 Å². The van der Waals surface area contributed by atoms with Crippen LogP contribution in [0.3, 0.4) is 0 Å². The second-order valence-corrected chi connectivity index (χ2v) is 10.1. The quantitative estimate of drug-likeness (QED) is 0.451. The second-order valence-electron chi connectivity index (χ2n) is 9.70. The number of ketones is 1. The fourth-order valence-corrected chi connectivity index (χ4v) is 4.92. The minimum absolute atomic E-state index is 0.100. The van der Waals surface area contributed by atoms with Gasteiger partial charge in [0.2, 0.25) is 5.88 Å². The maximum Gasteiger partial charge on any atom is 0.234 e. The van der Waals surface area contributed by atoms with Gasteiger partial charge in [-0.25, -0.2) is 4.68 Å². The second kappa shape index (κ2) is 8.28. The van der Waals surface area contributed by atoms with Crippen LogP contribution in [-0.2, 0) is 4.79 Å². The van der Waals surface area contributed by atoms with Crippen molar-refractivity contribution >= 4 is 17.4 Å². The van der Waals surface area contributed by atoms with Gasteiger partial charge in [0.05, 0.1) is 12.8 Å². The van der Waals surface area contributed by atoms with Crippen molar-refractivity contribution in [2.75, 3.05) is 7.11 Å². The molecule has 4 rings (SSSR count). The average Bonchev–Trinajstić information content (AvgIpc) is 3.15. The average molecular weight is 453 g/mol. The van der Waals surface area contributed by atoms with E-state index in [1.807, 2.05) is 87.0 Å². The molecule has 0 atom stereocenters. The Morgan fingerprint density at radius 2 is 1.62 bits per heavy atom. The highest BCUT2D eigenvalue weighted by Crippen LogP contribution is 2.44. The third kappa shape index (κ3) is 4.26. The molecule has 1 aromatic heterocycles. The van der Waals surface area contributed by atoms with Crippen molar-refractivity contribution in [3.05, 3.63) is 59.6 Å². The molecule has 168 valence electrons. The molecule has 2 aromatic carbocycles. The Labute approximate surface area is 194 Å². The minimum Gasteiger partial charge on any atom is -0.494 e. The molecule has 1 aliphatic rings. The molecule has 1 fully saturated rings. The molecule has 1 aliphatic carbocycles. The van der Waals surface area contributed by atoms with Crippen molar-refractivity contribution in [2.45, 2.75) is 46.6 Å². The summed E-state index contributed by atoms with van der Waals surface area (Å²) >= 11 is 6.11. The van der Waals surface area contributed by atoms with Crippen LogP contribution in [0.15, 0.2) is 54.6 Å². The number of benzene rings is 2. The van der Waals surface area contributed by atoms with Crippen LogP contribution in [0.4, 0.5) is 0 Å². The third-order valence-corrected chi connectivity index (χ3v) is 6.38. The Morgan fingerprint density at radius 3 is 2.25 bits per heavy atom. The SMILES string of the molecule is COc1ccccc1-n1nc(OC2CC(C)(C)C(=O)C(C)(C)C2)cc1-c1ccc(Cl)cc1. The highest BCUT2D eigenvalue weighted by atomic mass is 35.5. The predicted octanol–water partition coefficient (Wildman–Crippen LogP) is 6.36. The molecular weight excluding hydrogens is 424 g/mol. The minimum atomic E-state index is -0.434. The van der Waals surface area contributed by atoms with Gasteiger partial charge < -0.3 is 9.47 Å². The van der Waals surface area contributed by atoms with Crippen molar-refractivity contribution < 1.29 is 14.3 Å². The maximum absolute atomic E-state index is 12.8. The Morgan fingerprint density at radius 1 is 1.00 bits per heavy atom. The summed E-state index contributed by atoms with van der Waals surface area (Å²) in [5.74, 6) is 1.51. The number of hydrogen-bond donors (Lipinski definition) is 0. The zero-order valence-electron chi connectivity index (χ0n) is 19.2. The van der Waals surface area contributed by atoms with E-state index in [9.17, 15) is 4.79 Å². The molecule has 0 N–H and O–H groups in total. The molecule has 32 heavy (non-hydrogen) atoms. The standard InChI is InChI=1S/C26H29ClN2O3/c1-25(2)15-19(16-26(3,4)24(25)30)32-23-14-21(17-10-12-18(27)13-11-17)29(28-23)20-8-6-7-9-22(20)31-5/h6-14,19H,15-16H2,1-5H3. The lowest BCUT2D eigenvalue weighted by molar-refractivity contribution is -0.144. The van der Waals surface area contributed by atoms with Gasteiger partial charge >= 0.3 is 0 Å². The van der Waals surface area contributed by atoms with Crippen LogP contribution in [0, 0.1) is 10.8 Å². The van der Waals surface area contributed by atoms with E-state index in [0.717, 1.165) is 16.9 Å². The number of carbonyl (C=O) groups is 1. The first-order valence-electron chi connectivity index (χ1n) is 10.8. The number of rotatable bonds is 5. The topological polar surface area (TPSA) is 53.4 Å². The number of Topliss-reactive ketones (excluding diaryl/α,β-unsaturated/α-hetero) is 1. The van der Waals surface area contributed by atoms with E-state index in [0.29, 0.717) is 29.5 Å². The lowest BCUT2D eigenvalue weighted by Crippen LogP contribution is -2.48. The molecule has 1 saturated carbocycles. The van der Waals surface area contributed by atoms with Crippen LogP contribution in [-0.4, -0.2) is 28.8 Å². The van der Waals surface area contributed by atoms with E-state index in [1.54, 1.807) is 7.11 Å². The first-order valence-corrected chi connectivity index (χ1v) is 11.2. The normalized spacial score (nSPS) is 17.9. The Kier molecular flexibility index (Phi) is 5.80. The lowest BCUT2D eigenvalue weighted by atomic mass is 9.63.